The van der Waals surface area contributed by atoms with Crippen LogP contribution in [0.1, 0.15) is 6.92 Å². The highest BCUT2D eigenvalue weighted by molar-refractivity contribution is 4.94. The summed E-state index contributed by atoms with van der Waals surface area (Å²) in [6.07, 6.45) is 3.47. The number of allylic oxidation sites excluding steroid dienone is 1. The van der Waals surface area contributed by atoms with E-state index in [2.05, 4.69) is 17.2 Å². The molecule has 0 aromatic carbocycles. The number of nitrogens with one attached hydrogen (secondary N) is 2. The lowest BCUT2D eigenvalue weighted by Gasteiger charge is -1.96. The summed E-state index contributed by atoms with van der Waals surface area (Å²) in [5.41, 5.74) is 1.09. The summed E-state index contributed by atoms with van der Waals surface area (Å²) in [5, 5.41) is 5.79. The van der Waals surface area contributed by atoms with Crippen LogP contribution in [0.5, 0.6) is 0 Å². The molecule has 2 heteroatoms. The Balaban J connectivity index is 3.40. The van der Waals surface area contributed by atoms with Crippen molar-refractivity contribution in [2.45, 2.75) is 6.92 Å². The Morgan fingerprint density at radius 2 is 2.25 bits per heavy atom. The van der Waals surface area contributed by atoms with E-state index >= 15 is 0 Å². The number of hydrogen-bond acceptors (Lipinski definition) is 2. The smallest absolute Gasteiger partial charge is 0.0235 e. The molecule has 0 aliphatic heterocycles. The first-order valence-electron chi connectivity index (χ1n) is 2.52. The van der Waals surface area contributed by atoms with Gasteiger partial charge in [-0.25, -0.2) is 0 Å². The summed E-state index contributed by atoms with van der Waals surface area (Å²) in [6, 6.07) is 0. The molecule has 0 heterocycles. The first kappa shape index (κ1) is 7.08. The fraction of sp³-hybridized carbons (Fsp3) is 0.333. The summed E-state index contributed by atoms with van der Waals surface area (Å²) in [7, 11) is 1.87. The quantitative estimate of drug-likeness (QED) is 0.564. The topological polar surface area (TPSA) is 24.1 Å². The SMILES string of the molecule is C=CN/C=C(\C)NC. The third-order valence-corrected chi connectivity index (χ3v) is 0.812. The Labute approximate surface area is 50.3 Å². The minimum atomic E-state index is 1.09. The van der Waals surface area contributed by atoms with Crippen molar-refractivity contribution >= 4 is 0 Å². The Bertz CT molecular complexity index is 94.7. The van der Waals surface area contributed by atoms with E-state index in [0.717, 1.165) is 5.70 Å². The Morgan fingerprint density at radius 3 is 2.62 bits per heavy atom. The van der Waals surface area contributed by atoms with Gasteiger partial charge in [0.15, 0.2) is 0 Å². The van der Waals surface area contributed by atoms with Crippen LogP contribution < -0.4 is 10.6 Å². The van der Waals surface area contributed by atoms with Crippen LogP contribution in [0.15, 0.2) is 24.7 Å². The van der Waals surface area contributed by atoms with Crippen molar-refractivity contribution in [2.75, 3.05) is 7.05 Å². The molecule has 0 amide bonds. The molecule has 2 nitrogen and oxygen atoms in total. The van der Waals surface area contributed by atoms with Crippen LogP contribution in [0, 0.1) is 0 Å². The van der Waals surface area contributed by atoms with Crippen LogP contribution in [0.2, 0.25) is 0 Å². The zero-order chi connectivity index (χ0) is 6.41. The van der Waals surface area contributed by atoms with Gasteiger partial charge in [-0.15, -0.1) is 0 Å². The molecule has 0 rings (SSSR count). The van der Waals surface area contributed by atoms with E-state index in [1.165, 1.54) is 0 Å². The Kier molecular flexibility index (Phi) is 3.76. The van der Waals surface area contributed by atoms with Crippen molar-refractivity contribution in [1.29, 1.82) is 0 Å². The van der Waals surface area contributed by atoms with Gasteiger partial charge in [-0.1, -0.05) is 6.58 Å². The lowest BCUT2D eigenvalue weighted by Crippen LogP contribution is -2.05. The first-order valence-corrected chi connectivity index (χ1v) is 2.52. The third-order valence-electron chi connectivity index (χ3n) is 0.812. The third kappa shape index (κ3) is 3.28. The van der Waals surface area contributed by atoms with E-state index in [1.54, 1.807) is 6.20 Å². The van der Waals surface area contributed by atoms with Gasteiger partial charge in [-0.3, -0.25) is 0 Å². The number of hydrogen-bond donors (Lipinski definition) is 2. The molecule has 0 fully saturated rings. The minimum absolute atomic E-state index is 1.09. The average molecular weight is 112 g/mol. The summed E-state index contributed by atoms with van der Waals surface area (Å²) in [5.74, 6) is 0. The van der Waals surface area contributed by atoms with Gasteiger partial charge in [-0.2, -0.15) is 0 Å². The largest absolute Gasteiger partial charge is 0.390 e. The van der Waals surface area contributed by atoms with E-state index in [4.69, 9.17) is 0 Å². The van der Waals surface area contributed by atoms with E-state index in [1.807, 2.05) is 20.2 Å². The van der Waals surface area contributed by atoms with Crippen LogP contribution in [-0.2, 0) is 0 Å². The average Bonchev–Trinajstić information content (AvgIpc) is 1.83. The summed E-state index contributed by atoms with van der Waals surface area (Å²) >= 11 is 0. The molecule has 0 aromatic rings. The molecule has 2 N–H and O–H groups in total. The van der Waals surface area contributed by atoms with Crippen molar-refractivity contribution in [3.8, 4) is 0 Å². The van der Waals surface area contributed by atoms with Crippen LogP contribution in [0.25, 0.3) is 0 Å². The standard InChI is InChI=1S/C6H12N2/c1-4-8-5-6(2)7-3/h4-5,7-8H,1H2,2-3H3/b6-5+. The molecule has 8 heavy (non-hydrogen) atoms. The highest BCUT2D eigenvalue weighted by atomic mass is 14.9. The van der Waals surface area contributed by atoms with Gasteiger partial charge in [0.2, 0.25) is 0 Å². The highest BCUT2D eigenvalue weighted by Gasteiger charge is 1.74. The van der Waals surface area contributed by atoms with Gasteiger partial charge in [-0.05, 0) is 13.1 Å². The van der Waals surface area contributed by atoms with Crippen molar-refractivity contribution in [3.63, 3.8) is 0 Å². The van der Waals surface area contributed by atoms with E-state index in [9.17, 15) is 0 Å². The maximum absolute atomic E-state index is 3.48. The molecular weight excluding hydrogens is 100 g/mol. The van der Waals surface area contributed by atoms with E-state index in [0.29, 0.717) is 0 Å². The Hall–Kier alpha value is -0.920. The molecule has 0 aromatic heterocycles. The molecule has 46 valence electrons. The van der Waals surface area contributed by atoms with Gasteiger partial charge in [0, 0.05) is 18.9 Å². The molecule has 0 spiro atoms. The molecule has 0 saturated carbocycles. The predicted octanol–water partition coefficient (Wildman–Crippen LogP) is 0.800. The van der Waals surface area contributed by atoms with Gasteiger partial charge in [0.1, 0.15) is 0 Å². The lowest BCUT2D eigenvalue weighted by molar-refractivity contribution is 0.959. The fourth-order valence-electron chi connectivity index (χ4n) is 0.256. The zero-order valence-corrected chi connectivity index (χ0v) is 5.36. The van der Waals surface area contributed by atoms with Crippen LogP contribution in [0.3, 0.4) is 0 Å². The summed E-state index contributed by atoms with van der Waals surface area (Å²) in [4.78, 5) is 0. The second-order valence-electron chi connectivity index (χ2n) is 1.45. The molecule has 0 aliphatic carbocycles. The second-order valence-corrected chi connectivity index (χ2v) is 1.45. The molecule has 0 atom stereocenters. The monoisotopic (exact) mass is 112 g/mol. The first-order chi connectivity index (χ1) is 3.81. The summed E-state index contributed by atoms with van der Waals surface area (Å²) < 4.78 is 0. The maximum Gasteiger partial charge on any atom is 0.0235 e. The summed E-state index contributed by atoms with van der Waals surface area (Å²) in [6.45, 7) is 5.45. The molecule has 0 bridgehead atoms. The molecule has 0 unspecified atom stereocenters. The molecular formula is C6H12N2. The fourth-order valence-corrected chi connectivity index (χ4v) is 0.256. The number of rotatable bonds is 3. The van der Waals surface area contributed by atoms with Gasteiger partial charge < -0.3 is 10.6 Å². The van der Waals surface area contributed by atoms with Crippen LogP contribution in [-0.4, -0.2) is 7.05 Å². The molecule has 0 radical (unpaired) electrons. The van der Waals surface area contributed by atoms with Crippen molar-refractivity contribution in [2.24, 2.45) is 0 Å². The van der Waals surface area contributed by atoms with Crippen LogP contribution >= 0.6 is 0 Å². The normalized spacial score (nSPS) is 10.5. The van der Waals surface area contributed by atoms with Gasteiger partial charge in [0.05, 0.1) is 0 Å². The second kappa shape index (κ2) is 4.24. The highest BCUT2D eigenvalue weighted by Crippen LogP contribution is 1.77. The van der Waals surface area contributed by atoms with Gasteiger partial charge in [0.25, 0.3) is 0 Å². The van der Waals surface area contributed by atoms with Crippen molar-refractivity contribution in [1.82, 2.24) is 10.6 Å². The molecule has 0 saturated heterocycles. The predicted molar refractivity (Wildman–Crippen MR) is 36.1 cm³/mol. The van der Waals surface area contributed by atoms with Gasteiger partial charge >= 0.3 is 0 Å². The minimum Gasteiger partial charge on any atom is -0.390 e. The van der Waals surface area contributed by atoms with E-state index in [-0.39, 0.29) is 0 Å². The maximum atomic E-state index is 3.48. The van der Waals surface area contributed by atoms with Crippen molar-refractivity contribution in [3.05, 3.63) is 24.7 Å². The van der Waals surface area contributed by atoms with Crippen LogP contribution in [0.4, 0.5) is 0 Å². The lowest BCUT2D eigenvalue weighted by atomic mass is 10.5. The van der Waals surface area contributed by atoms with E-state index < -0.39 is 0 Å². The zero-order valence-electron chi connectivity index (χ0n) is 5.36. The Morgan fingerprint density at radius 1 is 1.62 bits per heavy atom. The molecule has 0 aliphatic rings. The van der Waals surface area contributed by atoms with Crippen molar-refractivity contribution < 1.29 is 0 Å².